The molecule has 1 N–H and O–H groups in total. The van der Waals surface area contributed by atoms with Gasteiger partial charge in [-0.15, -0.1) is 0 Å². The zero-order valence-corrected chi connectivity index (χ0v) is 12.0. The highest BCUT2D eigenvalue weighted by molar-refractivity contribution is 5.25. The van der Waals surface area contributed by atoms with Gasteiger partial charge in [0.15, 0.2) is 0 Å². The fraction of sp³-hybridized carbons (Fsp3) is 0.600. The van der Waals surface area contributed by atoms with E-state index in [0.29, 0.717) is 18.7 Å². The molecule has 114 valence electrons. The molecule has 0 aliphatic carbocycles. The summed E-state index contributed by atoms with van der Waals surface area (Å²) in [6, 6.07) is 5.67. The Balaban J connectivity index is 2.88. The number of hydrogen-bond donors (Lipinski definition) is 1. The van der Waals surface area contributed by atoms with Gasteiger partial charge in [-0.05, 0) is 24.5 Å². The predicted octanol–water partition coefficient (Wildman–Crippen LogP) is 3.69. The number of aliphatic hydroxyl groups is 1. The smallest absolute Gasteiger partial charge is 0.395 e. The first-order chi connectivity index (χ1) is 9.42. The van der Waals surface area contributed by atoms with Crippen molar-refractivity contribution in [2.24, 2.45) is 0 Å². The van der Waals surface area contributed by atoms with Crippen molar-refractivity contribution in [2.45, 2.75) is 45.5 Å². The van der Waals surface area contributed by atoms with Gasteiger partial charge in [0.25, 0.3) is 0 Å². The summed E-state index contributed by atoms with van der Waals surface area (Å²) < 4.78 is 38.1. The highest BCUT2D eigenvalue weighted by atomic mass is 19.4. The Morgan fingerprint density at radius 2 is 1.85 bits per heavy atom. The zero-order chi connectivity index (χ0) is 15.2. The molecule has 0 fully saturated rings. The Morgan fingerprint density at radius 1 is 1.20 bits per heavy atom. The molecule has 1 rings (SSSR count). The van der Waals surface area contributed by atoms with Gasteiger partial charge in [0, 0.05) is 19.1 Å². The van der Waals surface area contributed by atoms with Crippen molar-refractivity contribution in [3.8, 4) is 0 Å². The normalized spacial score (nSPS) is 12.4. The average Bonchev–Trinajstić information content (AvgIpc) is 2.39. The highest BCUT2D eigenvalue weighted by Crippen LogP contribution is 2.30. The van der Waals surface area contributed by atoms with Crippen LogP contribution in [0.3, 0.4) is 0 Å². The van der Waals surface area contributed by atoms with Crippen LogP contribution in [0.4, 0.5) is 13.2 Å². The molecule has 0 radical (unpaired) electrons. The molecular weight excluding hydrogens is 267 g/mol. The largest absolute Gasteiger partial charge is 0.416 e. The lowest BCUT2D eigenvalue weighted by Gasteiger charge is -2.30. The third kappa shape index (κ3) is 4.80. The maximum absolute atomic E-state index is 12.7. The Labute approximate surface area is 118 Å². The van der Waals surface area contributed by atoms with Gasteiger partial charge in [-0.1, -0.05) is 32.0 Å². The van der Waals surface area contributed by atoms with Crippen LogP contribution in [-0.2, 0) is 12.7 Å². The van der Waals surface area contributed by atoms with Gasteiger partial charge in [-0.2, -0.15) is 13.2 Å². The summed E-state index contributed by atoms with van der Waals surface area (Å²) in [5.74, 6) is 0. The molecule has 0 aliphatic heterocycles. The van der Waals surface area contributed by atoms with E-state index >= 15 is 0 Å². The van der Waals surface area contributed by atoms with E-state index in [-0.39, 0.29) is 12.6 Å². The number of hydrogen-bond acceptors (Lipinski definition) is 2. The van der Waals surface area contributed by atoms with Crippen molar-refractivity contribution in [3.63, 3.8) is 0 Å². The van der Waals surface area contributed by atoms with Crippen molar-refractivity contribution < 1.29 is 18.3 Å². The van der Waals surface area contributed by atoms with E-state index in [1.54, 1.807) is 6.07 Å². The van der Waals surface area contributed by atoms with E-state index in [0.717, 1.165) is 18.9 Å². The molecule has 0 saturated carbocycles. The predicted molar refractivity (Wildman–Crippen MR) is 73.3 cm³/mol. The van der Waals surface area contributed by atoms with E-state index in [1.165, 1.54) is 12.1 Å². The highest BCUT2D eigenvalue weighted by Gasteiger charge is 2.30. The van der Waals surface area contributed by atoms with Crippen LogP contribution in [0.25, 0.3) is 0 Å². The third-order valence-electron chi connectivity index (χ3n) is 3.49. The Bertz CT molecular complexity index is 402. The van der Waals surface area contributed by atoms with E-state index in [4.69, 9.17) is 5.11 Å². The Morgan fingerprint density at radius 3 is 2.35 bits per heavy atom. The van der Waals surface area contributed by atoms with E-state index in [2.05, 4.69) is 0 Å². The second kappa shape index (κ2) is 7.64. The molecule has 1 aromatic carbocycles. The second-order valence-electron chi connectivity index (χ2n) is 4.86. The first-order valence-electron chi connectivity index (χ1n) is 6.93. The summed E-state index contributed by atoms with van der Waals surface area (Å²) in [5.41, 5.74) is 0.00340. The number of benzene rings is 1. The van der Waals surface area contributed by atoms with Crippen molar-refractivity contribution in [3.05, 3.63) is 35.4 Å². The average molecular weight is 289 g/mol. The lowest BCUT2D eigenvalue weighted by Crippen LogP contribution is -2.36. The first-order valence-corrected chi connectivity index (χ1v) is 6.93. The fourth-order valence-corrected chi connectivity index (χ4v) is 2.40. The molecule has 20 heavy (non-hydrogen) atoms. The van der Waals surface area contributed by atoms with E-state index in [9.17, 15) is 13.2 Å². The molecule has 0 atom stereocenters. The summed E-state index contributed by atoms with van der Waals surface area (Å²) >= 11 is 0. The van der Waals surface area contributed by atoms with Gasteiger partial charge in [0.05, 0.1) is 12.2 Å². The Kier molecular flexibility index (Phi) is 6.49. The van der Waals surface area contributed by atoms with E-state index in [1.807, 2.05) is 18.7 Å². The fourth-order valence-electron chi connectivity index (χ4n) is 2.40. The van der Waals surface area contributed by atoms with Crippen LogP contribution in [0.15, 0.2) is 24.3 Å². The van der Waals surface area contributed by atoms with Crippen LogP contribution in [-0.4, -0.2) is 29.2 Å². The van der Waals surface area contributed by atoms with Crippen molar-refractivity contribution in [1.29, 1.82) is 0 Å². The standard InChI is InChI=1S/C15H22F3NO/c1-3-14(4-2)19(8-9-20)11-12-6-5-7-13(10-12)15(16,17)18/h5-7,10,14,20H,3-4,8-9,11H2,1-2H3. The molecule has 0 amide bonds. The summed E-state index contributed by atoms with van der Waals surface area (Å²) in [7, 11) is 0. The zero-order valence-electron chi connectivity index (χ0n) is 12.0. The molecule has 2 nitrogen and oxygen atoms in total. The molecule has 1 aromatic rings. The van der Waals surface area contributed by atoms with Crippen molar-refractivity contribution >= 4 is 0 Å². The minimum Gasteiger partial charge on any atom is -0.395 e. The SMILES string of the molecule is CCC(CC)N(CCO)Cc1cccc(C(F)(F)F)c1. The lowest BCUT2D eigenvalue weighted by molar-refractivity contribution is -0.137. The van der Waals surface area contributed by atoms with E-state index < -0.39 is 11.7 Å². The van der Waals surface area contributed by atoms with Crippen LogP contribution in [0.1, 0.15) is 37.8 Å². The van der Waals surface area contributed by atoms with Crippen molar-refractivity contribution in [1.82, 2.24) is 4.90 Å². The van der Waals surface area contributed by atoms with Crippen LogP contribution in [0.5, 0.6) is 0 Å². The molecule has 5 heteroatoms. The van der Waals surface area contributed by atoms with Crippen LogP contribution in [0.2, 0.25) is 0 Å². The number of alkyl halides is 3. The van der Waals surface area contributed by atoms with Gasteiger partial charge in [0.2, 0.25) is 0 Å². The van der Waals surface area contributed by atoms with Crippen molar-refractivity contribution in [2.75, 3.05) is 13.2 Å². The van der Waals surface area contributed by atoms with Gasteiger partial charge >= 0.3 is 6.18 Å². The van der Waals surface area contributed by atoms with Gasteiger partial charge in [-0.25, -0.2) is 0 Å². The summed E-state index contributed by atoms with van der Waals surface area (Å²) in [5, 5.41) is 9.12. The summed E-state index contributed by atoms with van der Waals surface area (Å²) in [4.78, 5) is 2.04. The van der Waals surface area contributed by atoms with Crippen LogP contribution in [0, 0.1) is 0 Å². The maximum atomic E-state index is 12.7. The molecule has 0 aliphatic rings. The Hall–Kier alpha value is -1.07. The third-order valence-corrected chi connectivity index (χ3v) is 3.49. The van der Waals surface area contributed by atoms with Crippen LogP contribution >= 0.6 is 0 Å². The van der Waals surface area contributed by atoms with Gasteiger partial charge in [0.1, 0.15) is 0 Å². The van der Waals surface area contributed by atoms with Gasteiger partial charge < -0.3 is 5.11 Å². The number of rotatable bonds is 7. The molecular formula is C15H22F3NO. The first kappa shape index (κ1) is 17.0. The minimum atomic E-state index is -4.31. The summed E-state index contributed by atoms with van der Waals surface area (Å²) in [6.07, 6.45) is -2.49. The minimum absolute atomic E-state index is 0.00939. The number of halogens is 3. The molecule has 0 heterocycles. The monoisotopic (exact) mass is 289 g/mol. The summed E-state index contributed by atoms with van der Waals surface area (Å²) in [6.45, 7) is 5.00. The molecule has 0 aromatic heterocycles. The topological polar surface area (TPSA) is 23.5 Å². The van der Waals surface area contributed by atoms with Crippen LogP contribution < -0.4 is 0 Å². The molecule has 0 saturated heterocycles. The molecule has 0 bridgehead atoms. The molecule has 0 unspecified atom stereocenters. The maximum Gasteiger partial charge on any atom is 0.416 e. The lowest BCUT2D eigenvalue weighted by atomic mass is 10.1. The molecule has 0 spiro atoms. The number of aliphatic hydroxyl groups excluding tert-OH is 1. The quantitative estimate of drug-likeness (QED) is 0.827. The second-order valence-corrected chi connectivity index (χ2v) is 4.86. The number of nitrogens with zero attached hydrogens (tertiary/aromatic N) is 1. The van der Waals surface area contributed by atoms with Gasteiger partial charge in [-0.3, -0.25) is 4.90 Å².